The van der Waals surface area contributed by atoms with Crippen molar-refractivity contribution in [1.82, 2.24) is 9.80 Å². The molecule has 4 rings (SSSR count). The summed E-state index contributed by atoms with van der Waals surface area (Å²) in [6, 6.07) is 18.0. The molecule has 0 radical (unpaired) electrons. The molecule has 4 heteroatoms. The largest absolute Gasteiger partial charge is 0.497 e. The summed E-state index contributed by atoms with van der Waals surface area (Å²) in [6.45, 7) is 10.3. The van der Waals surface area contributed by atoms with Crippen molar-refractivity contribution in [2.24, 2.45) is 0 Å². The first kappa shape index (κ1) is 19.3. The molecule has 0 saturated carbocycles. The van der Waals surface area contributed by atoms with Crippen molar-refractivity contribution in [2.45, 2.75) is 32.4 Å². The molecule has 2 saturated heterocycles. The van der Waals surface area contributed by atoms with Crippen LogP contribution in [0.15, 0.2) is 48.5 Å². The number of piperidine rings is 1. The van der Waals surface area contributed by atoms with Crippen LogP contribution in [0.5, 0.6) is 5.75 Å². The van der Waals surface area contributed by atoms with Crippen molar-refractivity contribution in [1.29, 1.82) is 0 Å². The lowest BCUT2D eigenvalue weighted by molar-refractivity contribution is 0.0887. The van der Waals surface area contributed by atoms with Gasteiger partial charge in [0.25, 0.3) is 0 Å². The number of hydrogen-bond donors (Lipinski definition) is 0. The van der Waals surface area contributed by atoms with Gasteiger partial charge in [0.1, 0.15) is 5.75 Å². The maximum absolute atomic E-state index is 5.28. The van der Waals surface area contributed by atoms with E-state index in [-0.39, 0.29) is 0 Å². The minimum absolute atomic E-state index is 0.700. The molecule has 28 heavy (non-hydrogen) atoms. The van der Waals surface area contributed by atoms with Gasteiger partial charge >= 0.3 is 0 Å². The van der Waals surface area contributed by atoms with Gasteiger partial charge in [-0.15, -0.1) is 0 Å². The highest BCUT2D eigenvalue weighted by molar-refractivity contribution is 5.53. The molecule has 2 heterocycles. The molecule has 1 unspecified atom stereocenters. The van der Waals surface area contributed by atoms with Gasteiger partial charge in [-0.2, -0.15) is 0 Å². The predicted octanol–water partition coefficient (Wildman–Crippen LogP) is 3.79. The molecule has 0 N–H and O–H groups in total. The minimum atomic E-state index is 0.700. The topological polar surface area (TPSA) is 19.0 Å². The summed E-state index contributed by atoms with van der Waals surface area (Å²) < 4.78 is 5.28. The first-order chi connectivity index (χ1) is 13.7. The second kappa shape index (κ2) is 8.97. The summed E-state index contributed by atoms with van der Waals surface area (Å²) in [4.78, 5) is 7.92. The van der Waals surface area contributed by atoms with Gasteiger partial charge in [-0.1, -0.05) is 30.3 Å². The van der Waals surface area contributed by atoms with Gasteiger partial charge in [-0.25, -0.2) is 0 Å². The summed E-state index contributed by atoms with van der Waals surface area (Å²) in [5, 5.41) is 0. The summed E-state index contributed by atoms with van der Waals surface area (Å²) in [6.07, 6.45) is 2.64. The van der Waals surface area contributed by atoms with E-state index in [2.05, 4.69) is 70.2 Å². The van der Waals surface area contributed by atoms with Crippen LogP contribution in [0.25, 0.3) is 0 Å². The van der Waals surface area contributed by atoms with Crippen LogP contribution in [0.4, 0.5) is 5.69 Å². The van der Waals surface area contributed by atoms with E-state index in [0.29, 0.717) is 6.04 Å². The molecule has 0 spiro atoms. The third-order valence-corrected chi connectivity index (χ3v) is 6.33. The zero-order chi connectivity index (χ0) is 19.3. The van der Waals surface area contributed by atoms with Crippen LogP contribution in [0.3, 0.4) is 0 Å². The summed E-state index contributed by atoms with van der Waals surface area (Å²) in [7, 11) is 1.73. The Balaban J connectivity index is 1.31. The highest BCUT2D eigenvalue weighted by Gasteiger charge is 2.28. The van der Waals surface area contributed by atoms with Crippen LogP contribution >= 0.6 is 0 Å². The van der Waals surface area contributed by atoms with Crippen LogP contribution in [-0.2, 0) is 6.54 Å². The number of anilines is 1. The van der Waals surface area contributed by atoms with Crippen molar-refractivity contribution in [3.8, 4) is 5.75 Å². The third kappa shape index (κ3) is 4.50. The Bertz CT molecular complexity index is 753. The second-order valence-corrected chi connectivity index (χ2v) is 8.19. The molecule has 0 amide bonds. The number of likely N-dealkylation sites (tertiary alicyclic amines) is 1. The lowest BCUT2D eigenvalue weighted by Gasteiger charge is -2.44. The van der Waals surface area contributed by atoms with Gasteiger partial charge in [0, 0.05) is 51.0 Å². The first-order valence-electron chi connectivity index (χ1n) is 10.6. The van der Waals surface area contributed by atoms with Crippen molar-refractivity contribution >= 4 is 5.69 Å². The Morgan fingerprint density at radius 3 is 2.39 bits per heavy atom. The third-order valence-electron chi connectivity index (χ3n) is 6.33. The maximum atomic E-state index is 5.28. The smallest absolute Gasteiger partial charge is 0.118 e. The number of aryl methyl sites for hydroxylation is 1. The molecule has 0 aromatic heterocycles. The zero-order valence-electron chi connectivity index (χ0n) is 17.3. The van der Waals surface area contributed by atoms with E-state index in [1.54, 1.807) is 7.11 Å². The average Bonchev–Trinajstić information content (AvgIpc) is 2.75. The second-order valence-electron chi connectivity index (χ2n) is 8.19. The molecule has 150 valence electrons. The van der Waals surface area contributed by atoms with Crippen LogP contribution < -0.4 is 9.64 Å². The molecule has 2 aromatic rings. The summed E-state index contributed by atoms with van der Waals surface area (Å²) >= 11 is 0. The van der Waals surface area contributed by atoms with E-state index >= 15 is 0 Å². The number of piperazine rings is 1. The fourth-order valence-electron chi connectivity index (χ4n) is 4.71. The van der Waals surface area contributed by atoms with Gasteiger partial charge in [0.2, 0.25) is 0 Å². The number of para-hydroxylation sites is 1. The molecule has 2 aliphatic heterocycles. The van der Waals surface area contributed by atoms with Crippen molar-refractivity contribution in [3.05, 3.63) is 59.7 Å². The number of hydrogen-bond acceptors (Lipinski definition) is 4. The first-order valence-corrected chi connectivity index (χ1v) is 10.6. The molecule has 2 aliphatic rings. The molecular formula is C24H33N3O. The molecule has 1 atom stereocenters. The number of methoxy groups -OCH3 is 1. The van der Waals surface area contributed by atoms with Crippen LogP contribution in [-0.4, -0.2) is 62.2 Å². The highest BCUT2D eigenvalue weighted by Crippen LogP contribution is 2.24. The molecule has 2 fully saturated rings. The number of benzene rings is 2. The molecule has 0 aliphatic carbocycles. The van der Waals surface area contributed by atoms with Gasteiger partial charge in [-0.3, -0.25) is 9.80 Å². The highest BCUT2D eigenvalue weighted by atomic mass is 16.5. The number of rotatable bonds is 5. The average molecular weight is 380 g/mol. The van der Waals surface area contributed by atoms with E-state index in [9.17, 15) is 0 Å². The summed E-state index contributed by atoms with van der Waals surface area (Å²) in [5.74, 6) is 0.937. The summed E-state index contributed by atoms with van der Waals surface area (Å²) in [5.41, 5.74) is 4.18. The Hall–Kier alpha value is -2.04. The van der Waals surface area contributed by atoms with E-state index in [1.807, 2.05) is 0 Å². The van der Waals surface area contributed by atoms with Crippen LogP contribution in [0.2, 0.25) is 0 Å². The number of ether oxygens (including phenoxy) is 1. The Morgan fingerprint density at radius 2 is 1.68 bits per heavy atom. The van der Waals surface area contributed by atoms with Gasteiger partial charge < -0.3 is 9.64 Å². The maximum Gasteiger partial charge on any atom is 0.118 e. The van der Waals surface area contributed by atoms with Gasteiger partial charge in [-0.05, 0) is 55.6 Å². The SMILES string of the molecule is COc1ccc(CN2CCCC(N3CCN(c4ccccc4C)CC3)C2)cc1. The van der Waals surface area contributed by atoms with Gasteiger partial charge in [0.05, 0.1) is 7.11 Å². The molecular weight excluding hydrogens is 346 g/mol. The quantitative estimate of drug-likeness (QED) is 0.787. The number of nitrogens with zero attached hydrogens (tertiary/aromatic N) is 3. The van der Waals surface area contributed by atoms with Crippen molar-refractivity contribution in [2.75, 3.05) is 51.3 Å². The predicted molar refractivity (Wildman–Crippen MR) is 116 cm³/mol. The minimum Gasteiger partial charge on any atom is -0.497 e. The standard InChI is InChI=1S/C24H33N3O/c1-20-6-3-4-8-24(20)27-16-14-26(15-17-27)22-7-5-13-25(19-22)18-21-9-11-23(28-2)12-10-21/h3-4,6,8-12,22H,5,7,13-19H2,1-2H3. The Kier molecular flexibility index (Phi) is 6.18. The molecule has 4 nitrogen and oxygen atoms in total. The van der Waals surface area contributed by atoms with E-state index in [1.165, 1.54) is 55.8 Å². The molecule has 2 aromatic carbocycles. The Labute approximate surface area is 169 Å². The van der Waals surface area contributed by atoms with Crippen molar-refractivity contribution in [3.63, 3.8) is 0 Å². The normalized spacial score (nSPS) is 21.6. The fraction of sp³-hybridized carbons (Fsp3) is 0.500. The van der Waals surface area contributed by atoms with Gasteiger partial charge in [0.15, 0.2) is 0 Å². The Morgan fingerprint density at radius 1 is 0.929 bits per heavy atom. The van der Waals surface area contributed by atoms with Crippen molar-refractivity contribution < 1.29 is 4.74 Å². The fourth-order valence-corrected chi connectivity index (χ4v) is 4.71. The van der Waals surface area contributed by atoms with Crippen LogP contribution in [0, 0.1) is 6.92 Å². The lowest BCUT2D eigenvalue weighted by atomic mass is 10.0. The van der Waals surface area contributed by atoms with Crippen LogP contribution in [0.1, 0.15) is 24.0 Å². The van der Waals surface area contributed by atoms with E-state index < -0.39 is 0 Å². The van der Waals surface area contributed by atoms with E-state index in [4.69, 9.17) is 4.74 Å². The van der Waals surface area contributed by atoms with E-state index in [0.717, 1.165) is 25.4 Å². The molecule has 0 bridgehead atoms. The zero-order valence-corrected chi connectivity index (χ0v) is 17.3. The monoisotopic (exact) mass is 379 g/mol. The lowest BCUT2D eigenvalue weighted by Crippen LogP contribution is -2.55.